The Labute approximate surface area is 56.8 Å². The molecule has 0 aliphatic heterocycles. The van der Waals surface area contributed by atoms with Gasteiger partial charge in [0.05, 0.1) is 0 Å². The summed E-state index contributed by atoms with van der Waals surface area (Å²) in [5, 5.41) is 9.02. The van der Waals surface area contributed by atoms with E-state index in [0.29, 0.717) is 5.65 Å². The lowest BCUT2D eigenvalue weighted by molar-refractivity contribution is 0.461. The second kappa shape index (κ2) is 1.70. The molecule has 50 valence electrons. The Morgan fingerprint density at radius 1 is 1.40 bits per heavy atom. The van der Waals surface area contributed by atoms with Crippen molar-refractivity contribution in [2.24, 2.45) is 0 Å². The van der Waals surface area contributed by atoms with Gasteiger partial charge in [-0.05, 0) is 6.07 Å². The van der Waals surface area contributed by atoms with Gasteiger partial charge in [-0.3, -0.25) is 4.40 Å². The van der Waals surface area contributed by atoms with Crippen molar-refractivity contribution < 1.29 is 5.11 Å². The van der Waals surface area contributed by atoms with Gasteiger partial charge in [0.15, 0.2) is 0 Å². The van der Waals surface area contributed by atoms with E-state index in [1.54, 1.807) is 22.9 Å². The minimum absolute atomic E-state index is 0.0272. The van der Waals surface area contributed by atoms with Gasteiger partial charge in [0, 0.05) is 12.4 Å². The van der Waals surface area contributed by atoms with Crippen molar-refractivity contribution in [3.63, 3.8) is 0 Å². The molecule has 4 nitrogen and oxygen atoms in total. The van der Waals surface area contributed by atoms with Crippen molar-refractivity contribution in [2.45, 2.75) is 0 Å². The standard InChI is InChI=1S/C6H5N3O/c10-6-5-7-2-1-3-9(5)4-8-6/h1-4,10H. The molecule has 2 aromatic heterocycles. The first-order chi connectivity index (χ1) is 4.88. The predicted octanol–water partition coefficient (Wildman–Crippen LogP) is 0.435. The van der Waals surface area contributed by atoms with E-state index in [2.05, 4.69) is 9.97 Å². The topological polar surface area (TPSA) is 50.4 Å². The Kier molecular flexibility index (Phi) is 0.887. The lowest BCUT2D eigenvalue weighted by Gasteiger charge is -1.87. The molecule has 0 fully saturated rings. The van der Waals surface area contributed by atoms with E-state index in [4.69, 9.17) is 5.11 Å². The summed E-state index contributed by atoms with van der Waals surface area (Å²) in [5.41, 5.74) is 0.488. The highest BCUT2D eigenvalue weighted by Crippen LogP contribution is 2.10. The normalized spacial score (nSPS) is 10.4. The third-order valence-electron chi connectivity index (χ3n) is 1.28. The summed E-state index contributed by atoms with van der Waals surface area (Å²) in [6.45, 7) is 0. The zero-order valence-corrected chi connectivity index (χ0v) is 5.10. The van der Waals surface area contributed by atoms with E-state index < -0.39 is 0 Å². The van der Waals surface area contributed by atoms with E-state index in [1.807, 2.05) is 0 Å². The number of fused-ring (bicyclic) bond motifs is 1. The van der Waals surface area contributed by atoms with Crippen molar-refractivity contribution in [1.82, 2.24) is 14.4 Å². The highest BCUT2D eigenvalue weighted by atomic mass is 16.3. The summed E-state index contributed by atoms with van der Waals surface area (Å²) >= 11 is 0. The average Bonchev–Trinajstić information content (AvgIpc) is 2.34. The van der Waals surface area contributed by atoms with E-state index in [9.17, 15) is 0 Å². The molecule has 0 aliphatic carbocycles. The van der Waals surface area contributed by atoms with Gasteiger partial charge in [-0.15, -0.1) is 0 Å². The smallest absolute Gasteiger partial charge is 0.257 e. The Bertz CT molecular complexity index is 355. The lowest BCUT2D eigenvalue weighted by atomic mass is 10.6. The highest BCUT2D eigenvalue weighted by molar-refractivity contribution is 5.47. The van der Waals surface area contributed by atoms with Crippen LogP contribution in [0.5, 0.6) is 5.88 Å². The van der Waals surface area contributed by atoms with Gasteiger partial charge in [0.25, 0.3) is 5.88 Å². The predicted molar refractivity (Wildman–Crippen MR) is 34.7 cm³/mol. The maximum absolute atomic E-state index is 9.02. The molecule has 10 heavy (non-hydrogen) atoms. The van der Waals surface area contributed by atoms with Gasteiger partial charge < -0.3 is 5.11 Å². The molecule has 0 amide bonds. The second-order valence-electron chi connectivity index (χ2n) is 1.92. The Balaban J connectivity index is 2.93. The molecule has 2 aromatic rings. The number of nitrogens with zero attached hydrogens (tertiary/aromatic N) is 3. The fraction of sp³-hybridized carbons (Fsp3) is 0. The fourth-order valence-corrected chi connectivity index (χ4v) is 0.823. The van der Waals surface area contributed by atoms with Gasteiger partial charge >= 0.3 is 0 Å². The summed E-state index contributed by atoms with van der Waals surface area (Å²) in [6.07, 6.45) is 4.89. The molecule has 0 atom stereocenters. The molecular formula is C6H5N3O. The first kappa shape index (κ1) is 5.22. The molecule has 4 heteroatoms. The number of aromatic hydroxyl groups is 1. The molecule has 0 saturated heterocycles. The first-order valence-corrected chi connectivity index (χ1v) is 2.84. The van der Waals surface area contributed by atoms with E-state index in [1.165, 1.54) is 6.33 Å². The van der Waals surface area contributed by atoms with Crippen LogP contribution in [0.2, 0.25) is 0 Å². The Morgan fingerprint density at radius 3 is 3.10 bits per heavy atom. The van der Waals surface area contributed by atoms with Crippen molar-refractivity contribution in [3.8, 4) is 5.88 Å². The van der Waals surface area contributed by atoms with Crippen LogP contribution in [0.15, 0.2) is 24.8 Å². The zero-order chi connectivity index (χ0) is 6.97. The quantitative estimate of drug-likeness (QED) is 0.570. The molecule has 0 aromatic carbocycles. The average molecular weight is 135 g/mol. The van der Waals surface area contributed by atoms with Gasteiger partial charge in [0.2, 0.25) is 5.65 Å². The number of aromatic nitrogens is 3. The molecule has 0 aliphatic rings. The lowest BCUT2D eigenvalue weighted by Crippen LogP contribution is -1.81. The van der Waals surface area contributed by atoms with Gasteiger partial charge in [-0.1, -0.05) is 0 Å². The van der Waals surface area contributed by atoms with Crippen LogP contribution in [-0.2, 0) is 0 Å². The maximum Gasteiger partial charge on any atom is 0.257 e. The van der Waals surface area contributed by atoms with Crippen molar-refractivity contribution in [2.75, 3.05) is 0 Å². The van der Waals surface area contributed by atoms with E-state index in [0.717, 1.165) is 0 Å². The molecule has 2 heterocycles. The first-order valence-electron chi connectivity index (χ1n) is 2.84. The zero-order valence-electron chi connectivity index (χ0n) is 5.10. The van der Waals surface area contributed by atoms with Crippen LogP contribution in [-0.4, -0.2) is 19.5 Å². The van der Waals surface area contributed by atoms with Crippen LogP contribution in [0.25, 0.3) is 5.65 Å². The van der Waals surface area contributed by atoms with Crippen LogP contribution < -0.4 is 0 Å². The highest BCUT2D eigenvalue weighted by Gasteiger charge is 1.99. The second-order valence-corrected chi connectivity index (χ2v) is 1.92. The van der Waals surface area contributed by atoms with Crippen LogP contribution in [0.3, 0.4) is 0 Å². The molecule has 0 saturated carbocycles. The van der Waals surface area contributed by atoms with Crippen LogP contribution in [0.1, 0.15) is 0 Å². The summed E-state index contributed by atoms with van der Waals surface area (Å²) in [4.78, 5) is 7.54. The van der Waals surface area contributed by atoms with Gasteiger partial charge in [0.1, 0.15) is 6.33 Å². The minimum Gasteiger partial charge on any atom is -0.491 e. The van der Waals surface area contributed by atoms with Crippen LogP contribution in [0, 0.1) is 0 Å². The fourth-order valence-electron chi connectivity index (χ4n) is 0.823. The number of imidazole rings is 1. The summed E-state index contributed by atoms with van der Waals surface area (Å²) in [7, 11) is 0. The molecule has 1 N–H and O–H groups in total. The number of hydrogen-bond acceptors (Lipinski definition) is 3. The van der Waals surface area contributed by atoms with Gasteiger partial charge in [-0.25, -0.2) is 9.97 Å². The Morgan fingerprint density at radius 2 is 2.30 bits per heavy atom. The summed E-state index contributed by atoms with van der Waals surface area (Å²) in [6, 6.07) is 1.77. The largest absolute Gasteiger partial charge is 0.491 e. The summed E-state index contributed by atoms with van der Waals surface area (Å²) in [5.74, 6) is -0.0272. The third kappa shape index (κ3) is 0.556. The van der Waals surface area contributed by atoms with E-state index >= 15 is 0 Å². The monoisotopic (exact) mass is 135 g/mol. The maximum atomic E-state index is 9.02. The Hall–Kier alpha value is -1.58. The third-order valence-corrected chi connectivity index (χ3v) is 1.28. The number of hydrogen-bond donors (Lipinski definition) is 1. The SMILES string of the molecule is Oc1ncn2cccnc12. The summed E-state index contributed by atoms with van der Waals surface area (Å²) < 4.78 is 1.65. The molecule has 0 bridgehead atoms. The van der Waals surface area contributed by atoms with Crippen molar-refractivity contribution >= 4 is 5.65 Å². The molecule has 0 unspecified atom stereocenters. The number of rotatable bonds is 0. The molecule has 0 radical (unpaired) electrons. The molecule has 2 rings (SSSR count). The van der Waals surface area contributed by atoms with Crippen LogP contribution in [0.4, 0.5) is 0 Å². The molecule has 0 spiro atoms. The van der Waals surface area contributed by atoms with Crippen molar-refractivity contribution in [3.05, 3.63) is 24.8 Å². The molecular weight excluding hydrogens is 130 g/mol. The van der Waals surface area contributed by atoms with Gasteiger partial charge in [-0.2, -0.15) is 0 Å². The van der Waals surface area contributed by atoms with Crippen molar-refractivity contribution in [1.29, 1.82) is 0 Å². The van der Waals surface area contributed by atoms with E-state index in [-0.39, 0.29) is 5.88 Å². The minimum atomic E-state index is -0.0272. The van der Waals surface area contributed by atoms with Crippen LogP contribution >= 0.6 is 0 Å².